The van der Waals surface area contributed by atoms with Gasteiger partial charge in [-0.15, -0.1) is 0 Å². The Bertz CT molecular complexity index is 920. The van der Waals surface area contributed by atoms with Crippen molar-refractivity contribution in [3.8, 4) is 22.9 Å². The first-order valence-corrected chi connectivity index (χ1v) is 8.57. The molecule has 0 radical (unpaired) electrons. The fourth-order valence-electron chi connectivity index (χ4n) is 2.43. The Morgan fingerprint density at radius 1 is 1.15 bits per heavy atom. The Balaban J connectivity index is 1.63. The number of carbonyl (C=O) groups excluding carboxylic acids is 1. The highest BCUT2D eigenvalue weighted by Crippen LogP contribution is 2.28. The van der Waals surface area contributed by atoms with E-state index in [-0.39, 0.29) is 5.91 Å². The molecule has 3 rings (SSSR count). The molecular formula is C19H18ClN3O4. The molecule has 140 valence electrons. The van der Waals surface area contributed by atoms with Crippen LogP contribution in [0, 0.1) is 0 Å². The highest BCUT2D eigenvalue weighted by molar-refractivity contribution is 6.33. The van der Waals surface area contributed by atoms with Crippen molar-refractivity contribution >= 4 is 17.5 Å². The maximum absolute atomic E-state index is 12.1. The zero-order valence-corrected chi connectivity index (χ0v) is 15.6. The minimum absolute atomic E-state index is 0.252. The van der Waals surface area contributed by atoms with E-state index in [1.165, 1.54) is 0 Å². The van der Waals surface area contributed by atoms with Crippen molar-refractivity contribution in [1.82, 2.24) is 15.5 Å². The molecule has 0 aliphatic carbocycles. The van der Waals surface area contributed by atoms with E-state index in [1.54, 1.807) is 56.7 Å². The van der Waals surface area contributed by atoms with E-state index in [0.717, 1.165) is 0 Å². The minimum atomic E-state index is -0.252. The van der Waals surface area contributed by atoms with E-state index in [4.69, 9.17) is 25.6 Å². The number of carbonyl (C=O) groups is 1. The second-order valence-electron chi connectivity index (χ2n) is 5.60. The van der Waals surface area contributed by atoms with E-state index in [9.17, 15) is 4.79 Å². The number of amides is 1. The van der Waals surface area contributed by atoms with Crippen molar-refractivity contribution in [2.24, 2.45) is 0 Å². The lowest BCUT2D eigenvalue weighted by Crippen LogP contribution is -2.26. The van der Waals surface area contributed by atoms with Crippen LogP contribution in [-0.2, 0) is 6.42 Å². The van der Waals surface area contributed by atoms with Gasteiger partial charge in [0.15, 0.2) is 0 Å². The third-order valence-electron chi connectivity index (χ3n) is 3.82. The summed E-state index contributed by atoms with van der Waals surface area (Å²) >= 11 is 6.01. The number of hydrogen-bond acceptors (Lipinski definition) is 6. The molecule has 8 heteroatoms. The maximum atomic E-state index is 12.1. The van der Waals surface area contributed by atoms with Crippen molar-refractivity contribution in [1.29, 1.82) is 0 Å². The van der Waals surface area contributed by atoms with Gasteiger partial charge in [0.2, 0.25) is 11.7 Å². The molecule has 3 aromatic rings. The largest absolute Gasteiger partial charge is 0.497 e. The molecule has 0 fully saturated rings. The van der Waals surface area contributed by atoms with Crippen LogP contribution >= 0.6 is 11.6 Å². The van der Waals surface area contributed by atoms with Gasteiger partial charge >= 0.3 is 0 Å². The van der Waals surface area contributed by atoms with Gasteiger partial charge in [0.25, 0.3) is 5.91 Å². The zero-order valence-electron chi connectivity index (χ0n) is 14.9. The van der Waals surface area contributed by atoms with Crippen LogP contribution in [0.15, 0.2) is 47.0 Å². The maximum Gasteiger partial charge on any atom is 0.252 e. The predicted molar refractivity (Wildman–Crippen MR) is 100 cm³/mol. The topological polar surface area (TPSA) is 86.5 Å². The summed E-state index contributed by atoms with van der Waals surface area (Å²) in [4.78, 5) is 16.5. The zero-order chi connectivity index (χ0) is 19.2. The third-order valence-corrected chi connectivity index (χ3v) is 4.15. The number of rotatable bonds is 7. The number of methoxy groups -OCH3 is 2. The number of hydrogen-bond donors (Lipinski definition) is 1. The van der Waals surface area contributed by atoms with Crippen molar-refractivity contribution < 1.29 is 18.8 Å². The average molecular weight is 388 g/mol. The average Bonchev–Trinajstić information content (AvgIpc) is 3.16. The molecule has 0 aliphatic heterocycles. The van der Waals surface area contributed by atoms with Gasteiger partial charge in [-0.05, 0) is 24.3 Å². The Hall–Kier alpha value is -3.06. The molecule has 27 heavy (non-hydrogen) atoms. The summed E-state index contributed by atoms with van der Waals surface area (Å²) in [6, 6.07) is 12.2. The molecule has 0 unspecified atom stereocenters. The fraction of sp³-hybridized carbons (Fsp3) is 0.211. The number of aromatic nitrogens is 2. The third kappa shape index (κ3) is 4.57. The van der Waals surface area contributed by atoms with Crippen LogP contribution < -0.4 is 14.8 Å². The lowest BCUT2D eigenvalue weighted by molar-refractivity contribution is 0.0953. The van der Waals surface area contributed by atoms with Gasteiger partial charge in [-0.25, -0.2) is 0 Å². The first kappa shape index (κ1) is 18.7. The van der Waals surface area contributed by atoms with Crippen LogP contribution in [0.5, 0.6) is 11.5 Å². The van der Waals surface area contributed by atoms with E-state index in [0.29, 0.717) is 52.3 Å². The first-order chi connectivity index (χ1) is 13.1. The molecule has 0 bridgehead atoms. The van der Waals surface area contributed by atoms with Gasteiger partial charge in [-0.1, -0.05) is 28.9 Å². The van der Waals surface area contributed by atoms with E-state index >= 15 is 0 Å². The quantitative estimate of drug-likeness (QED) is 0.668. The van der Waals surface area contributed by atoms with Crippen LogP contribution in [0.3, 0.4) is 0 Å². The highest BCUT2D eigenvalue weighted by atomic mass is 35.5. The lowest BCUT2D eigenvalue weighted by atomic mass is 10.2. The molecule has 0 aliphatic rings. The summed E-state index contributed by atoms with van der Waals surface area (Å²) < 4.78 is 15.7. The Morgan fingerprint density at radius 3 is 2.52 bits per heavy atom. The Kier molecular flexibility index (Phi) is 5.93. The fourth-order valence-corrected chi connectivity index (χ4v) is 2.66. The smallest absolute Gasteiger partial charge is 0.252 e. The number of halogens is 1. The summed E-state index contributed by atoms with van der Waals surface area (Å²) in [5.74, 6) is 1.83. The van der Waals surface area contributed by atoms with Gasteiger partial charge in [-0.3, -0.25) is 4.79 Å². The lowest BCUT2D eigenvalue weighted by Gasteiger charge is -2.05. The van der Waals surface area contributed by atoms with Crippen LogP contribution in [0.25, 0.3) is 11.4 Å². The molecule has 1 aromatic heterocycles. The van der Waals surface area contributed by atoms with Gasteiger partial charge in [0.1, 0.15) is 11.5 Å². The van der Waals surface area contributed by atoms with Gasteiger partial charge in [0, 0.05) is 24.6 Å². The predicted octanol–water partition coefficient (Wildman–Crippen LogP) is 3.38. The van der Waals surface area contributed by atoms with Crippen LogP contribution in [-0.4, -0.2) is 36.8 Å². The highest BCUT2D eigenvalue weighted by Gasteiger charge is 2.13. The van der Waals surface area contributed by atoms with Crippen molar-refractivity contribution in [2.75, 3.05) is 20.8 Å². The molecule has 0 spiro atoms. The SMILES string of the molecule is COc1cc(OC)cc(-c2noc(CCNC(=O)c3ccccc3Cl)n2)c1. The van der Waals surface area contributed by atoms with Crippen LogP contribution in [0.2, 0.25) is 5.02 Å². The molecule has 2 aromatic carbocycles. The Morgan fingerprint density at radius 2 is 1.85 bits per heavy atom. The first-order valence-electron chi connectivity index (χ1n) is 8.19. The van der Waals surface area contributed by atoms with E-state index in [1.807, 2.05) is 0 Å². The number of benzene rings is 2. The molecule has 1 amide bonds. The van der Waals surface area contributed by atoms with Gasteiger partial charge in [0.05, 0.1) is 24.8 Å². The molecule has 7 nitrogen and oxygen atoms in total. The number of nitrogens with one attached hydrogen (secondary N) is 1. The standard InChI is InChI=1S/C19H18ClN3O4/c1-25-13-9-12(10-14(11-13)26-2)18-22-17(27-23-18)7-8-21-19(24)15-5-3-4-6-16(15)20/h3-6,9-11H,7-8H2,1-2H3,(H,21,24). The van der Waals surface area contributed by atoms with Gasteiger partial charge < -0.3 is 19.3 Å². The summed E-state index contributed by atoms with van der Waals surface area (Å²) in [5, 5.41) is 7.16. The van der Waals surface area contributed by atoms with E-state index in [2.05, 4.69) is 15.5 Å². The summed E-state index contributed by atoms with van der Waals surface area (Å²) in [7, 11) is 3.14. The van der Waals surface area contributed by atoms with Crippen molar-refractivity contribution in [2.45, 2.75) is 6.42 Å². The monoisotopic (exact) mass is 387 g/mol. The minimum Gasteiger partial charge on any atom is -0.497 e. The molecule has 0 saturated heterocycles. The Labute approximate surface area is 161 Å². The van der Waals surface area contributed by atoms with E-state index < -0.39 is 0 Å². The molecule has 1 N–H and O–H groups in total. The molecular weight excluding hydrogens is 370 g/mol. The van der Waals surface area contributed by atoms with Crippen LogP contribution in [0.4, 0.5) is 0 Å². The summed E-state index contributed by atoms with van der Waals surface area (Å²) in [6.07, 6.45) is 0.393. The second kappa shape index (κ2) is 8.55. The summed E-state index contributed by atoms with van der Waals surface area (Å²) in [5.41, 5.74) is 1.13. The van der Waals surface area contributed by atoms with Crippen molar-refractivity contribution in [3.63, 3.8) is 0 Å². The molecule has 1 heterocycles. The number of nitrogens with zero attached hydrogens (tertiary/aromatic N) is 2. The molecule has 0 saturated carbocycles. The van der Waals surface area contributed by atoms with Gasteiger partial charge in [-0.2, -0.15) is 4.98 Å². The normalized spacial score (nSPS) is 10.5. The second-order valence-corrected chi connectivity index (χ2v) is 6.01. The molecule has 0 atom stereocenters. The van der Waals surface area contributed by atoms with Crippen LogP contribution in [0.1, 0.15) is 16.2 Å². The number of ether oxygens (including phenoxy) is 2. The van der Waals surface area contributed by atoms with Crippen molar-refractivity contribution in [3.05, 3.63) is 58.9 Å². The summed E-state index contributed by atoms with van der Waals surface area (Å²) in [6.45, 7) is 0.340.